The minimum Gasteiger partial charge on any atom is -0.480 e. The first-order valence-electron chi connectivity index (χ1n) is 10.6. The molecule has 1 unspecified atom stereocenters. The van der Waals surface area contributed by atoms with E-state index in [4.69, 9.17) is 4.74 Å². The van der Waals surface area contributed by atoms with Crippen LogP contribution in [-0.2, 0) is 32.0 Å². The zero-order valence-corrected chi connectivity index (χ0v) is 18.8. The Balaban J connectivity index is 0.00000363. The first-order chi connectivity index (χ1) is 15.0. The lowest BCUT2D eigenvalue weighted by molar-refractivity contribution is -0.146. The predicted octanol–water partition coefficient (Wildman–Crippen LogP) is 2.99. The Morgan fingerprint density at radius 2 is 1.84 bits per heavy atom. The molecule has 3 rings (SSSR count). The van der Waals surface area contributed by atoms with Gasteiger partial charge in [-0.25, -0.2) is 0 Å². The number of halogens is 1. The number of para-hydroxylation sites is 1. The highest BCUT2D eigenvalue weighted by Crippen LogP contribution is 2.27. The summed E-state index contributed by atoms with van der Waals surface area (Å²) in [6.07, 6.45) is 2.19. The summed E-state index contributed by atoms with van der Waals surface area (Å²) in [5, 5.41) is 12.5. The lowest BCUT2D eigenvalue weighted by Crippen LogP contribution is -2.53. The van der Waals surface area contributed by atoms with Gasteiger partial charge in [0.1, 0.15) is 12.6 Å². The van der Waals surface area contributed by atoms with Crippen molar-refractivity contribution >= 4 is 35.9 Å². The van der Waals surface area contributed by atoms with Crippen molar-refractivity contribution in [3.05, 3.63) is 65.7 Å². The van der Waals surface area contributed by atoms with Crippen LogP contribution in [0.3, 0.4) is 0 Å². The molecule has 2 atom stereocenters. The number of benzene rings is 2. The molecule has 0 aliphatic carbocycles. The molecule has 0 bridgehead atoms. The number of aliphatic carboxylic acids is 1. The SMILES string of the molecule is CCOC(=O)C(CCc1ccccc1)N[C@H]1CCc2ccccc2N(CC(=O)O)C1=O.Cl. The van der Waals surface area contributed by atoms with Gasteiger partial charge in [-0.15, -0.1) is 12.4 Å². The minimum absolute atomic E-state index is 0. The molecule has 0 saturated heterocycles. The second-order valence-corrected chi connectivity index (χ2v) is 7.53. The van der Waals surface area contributed by atoms with E-state index in [0.29, 0.717) is 31.4 Å². The fourth-order valence-corrected chi connectivity index (χ4v) is 3.88. The number of carboxylic acid groups (broad SMARTS) is 1. The molecule has 172 valence electrons. The van der Waals surface area contributed by atoms with Gasteiger partial charge in [-0.2, -0.15) is 0 Å². The maximum absolute atomic E-state index is 13.3. The van der Waals surface area contributed by atoms with Crippen molar-refractivity contribution in [3.63, 3.8) is 0 Å². The molecule has 2 aromatic carbocycles. The molecular formula is C24H29ClN2O5. The van der Waals surface area contributed by atoms with E-state index in [1.54, 1.807) is 19.1 Å². The molecule has 0 spiro atoms. The van der Waals surface area contributed by atoms with Gasteiger partial charge < -0.3 is 9.84 Å². The first-order valence-corrected chi connectivity index (χ1v) is 10.6. The fourth-order valence-electron chi connectivity index (χ4n) is 3.88. The predicted molar refractivity (Wildman–Crippen MR) is 124 cm³/mol. The van der Waals surface area contributed by atoms with Crippen LogP contribution in [0.4, 0.5) is 5.69 Å². The Morgan fingerprint density at radius 3 is 2.53 bits per heavy atom. The lowest BCUT2D eigenvalue weighted by Gasteiger charge is -2.27. The van der Waals surface area contributed by atoms with Gasteiger partial charge in [0, 0.05) is 5.69 Å². The summed E-state index contributed by atoms with van der Waals surface area (Å²) in [6, 6.07) is 15.8. The molecule has 1 amide bonds. The third-order valence-electron chi connectivity index (χ3n) is 5.38. The van der Waals surface area contributed by atoms with Crippen LogP contribution in [0.5, 0.6) is 0 Å². The molecule has 2 aromatic rings. The average molecular weight is 461 g/mol. The van der Waals surface area contributed by atoms with Crippen LogP contribution in [0, 0.1) is 0 Å². The summed E-state index contributed by atoms with van der Waals surface area (Å²) in [7, 11) is 0. The van der Waals surface area contributed by atoms with Crippen molar-refractivity contribution in [2.75, 3.05) is 18.1 Å². The topological polar surface area (TPSA) is 95.9 Å². The molecule has 1 aliphatic heterocycles. The molecule has 2 N–H and O–H groups in total. The van der Waals surface area contributed by atoms with Crippen LogP contribution < -0.4 is 10.2 Å². The summed E-state index contributed by atoms with van der Waals surface area (Å²) in [5.74, 6) is -1.84. The van der Waals surface area contributed by atoms with Crippen molar-refractivity contribution < 1.29 is 24.2 Å². The Morgan fingerprint density at radius 1 is 1.16 bits per heavy atom. The number of nitrogens with one attached hydrogen (secondary N) is 1. The van der Waals surface area contributed by atoms with E-state index < -0.39 is 30.6 Å². The fraction of sp³-hybridized carbons (Fsp3) is 0.375. The zero-order chi connectivity index (χ0) is 22.2. The van der Waals surface area contributed by atoms with Gasteiger partial charge in [-0.3, -0.25) is 24.6 Å². The van der Waals surface area contributed by atoms with E-state index in [9.17, 15) is 19.5 Å². The molecule has 32 heavy (non-hydrogen) atoms. The van der Waals surface area contributed by atoms with Gasteiger partial charge in [0.05, 0.1) is 12.6 Å². The second kappa shape index (κ2) is 12.2. The summed E-state index contributed by atoms with van der Waals surface area (Å²) in [4.78, 5) is 38.6. The summed E-state index contributed by atoms with van der Waals surface area (Å²) in [5.41, 5.74) is 2.61. The number of carboxylic acids is 1. The van der Waals surface area contributed by atoms with E-state index in [1.807, 2.05) is 42.5 Å². The van der Waals surface area contributed by atoms with Crippen molar-refractivity contribution in [1.82, 2.24) is 5.32 Å². The number of ether oxygens (including phenoxy) is 1. The van der Waals surface area contributed by atoms with Gasteiger partial charge >= 0.3 is 11.9 Å². The minimum atomic E-state index is -1.09. The number of aryl methyl sites for hydroxylation is 2. The number of anilines is 1. The normalized spacial score (nSPS) is 16.3. The van der Waals surface area contributed by atoms with E-state index >= 15 is 0 Å². The summed E-state index contributed by atoms with van der Waals surface area (Å²) < 4.78 is 5.23. The van der Waals surface area contributed by atoms with Gasteiger partial charge in [0.25, 0.3) is 0 Å². The molecule has 7 nitrogen and oxygen atoms in total. The van der Waals surface area contributed by atoms with E-state index in [0.717, 1.165) is 11.1 Å². The van der Waals surface area contributed by atoms with Crippen molar-refractivity contribution in [1.29, 1.82) is 0 Å². The van der Waals surface area contributed by atoms with Crippen LogP contribution in [0.15, 0.2) is 54.6 Å². The standard InChI is InChI=1S/C24H28N2O5.ClH/c1-2-31-24(30)20(14-12-17-8-4-3-5-9-17)25-19-15-13-18-10-6-7-11-21(18)26(23(19)29)16-22(27)28;/h3-11,19-20,25H,2,12-16H2,1H3,(H,27,28);1H/t19-,20?;/m0./s1. The lowest BCUT2D eigenvalue weighted by atomic mass is 10.0. The highest BCUT2D eigenvalue weighted by molar-refractivity contribution is 6.02. The molecule has 0 radical (unpaired) electrons. The molecule has 0 aromatic heterocycles. The van der Waals surface area contributed by atoms with Crippen LogP contribution in [0.25, 0.3) is 0 Å². The number of fused-ring (bicyclic) bond motifs is 1. The van der Waals surface area contributed by atoms with Crippen LogP contribution in [0.2, 0.25) is 0 Å². The van der Waals surface area contributed by atoms with Crippen LogP contribution in [0.1, 0.15) is 30.9 Å². The average Bonchev–Trinajstić information content (AvgIpc) is 2.89. The number of nitrogens with zero attached hydrogens (tertiary/aromatic N) is 1. The number of hydrogen-bond acceptors (Lipinski definition) is 5. The maximum atomic E-state index is 13.3. The maximum Gasteiger partial charge on any atom is 0.323 e. The van der Waals surface area contributed by atoms with E-state index in [2.05, 4.69) is 5.32 Å². The Kier molecular flexibility index (Phi) is 9.68. The number of rotatable bonds is 9. The second-order valence-electron chi connectivity index (χ2n) is 7.53. The quantitative estimate of drug-likeness (QED) is 0.558. The monoisotopic (exact) mass is 460 g/mol. The Bertz CT molecular complexity index is 922. The van der Waals surface area contributed by atoms with E-state index in [-0.39, 0.29) is 24.9 Å². The number of esters is 1. The van der Waals surface area contributed by atoms with Gasteiger partial charge in [0.2, 0.25) is 5.91 Å². The molecule has 8 heteroatoms. The van der Waals surface area contributed by atoms with Crippen molar-refractivity contribution in [3.8, 4) is 0 Å². The molecule has 1 heterocycles. The first kappa shape index (κ1) is 25.4. The Hall–Kier alpha value is -2.90. The van der Waals surface area contributed by atoms with Gasteiger partial charge in [-0.1, -0.05) is 48.5 Å². The van der Waals surface area contributed by atoms with Crippen molar-refractivity contribution in [2.24, 2.45) is 0 Å². The zero-order valence-electron chi connectivity index (χ0n) is 18.0. The highest BCUT2D eigenvalue weighted by Gasteiger charge is 2.34. The third-order valence-corrected chi connectivity index (χ3v) is 5.38. The van der Waals surface area contributed by atoms with Crippen molar-refractivity contribution in [2.45, 2.75) is 44.7 Å². The van der Waals surface area contributed by atoms with Gasteiger partial charge in [-0.05, 0) is 49.8 Å². The number of hydrogen-bond donors (Lipinski definition) is 2. The van der Waals surface area contributed by atoms with Crippen LogP contribution in [-0.4, -0.2) is 48.2 Å². The third kappa shape index (κ3) is 6.55. The van der Waals surface area contributed by atoms with Gasteiger partial charge in [0.15, 0.2) is 0 Å². The number of carbonyl (C=O) groups is 3. The number of amides is 1. The highest BCUT2D eigenvalue weighted by atomic mass is 35.5. The van der Waals surface area contributed by atoms with Crippen LogP contribution >= 0.6 is 12.4 Å². The molecule has 0 saturated carbocycles. The summed E-state index contributed by atoms with van der Waals surface area (Å²) >= 11 is 0. The Labute approximate surface area is 194 Å². The smallest absolute Gasteiger partial charge is 0.323 e. The molecule has 1 aliphatic rings. The molecule has 0 fully saturated rings. The number of carbonyl (C=O) groups excluding carboxylic acids is 2. The van der Waals surface area contributed by atoms with E-state index in [1.165, 1.54) is 4.90 Å². The largest absolute Gasteiger partial charge is 0.480 e. The molecular weight excluding hydrogens is 432 g/mol. The summed E-state index contributed by atoms with van der Waals surface area (Å²) in [6.45, 7) is 1.56.